The van der Waals surface area contributed by atoms with Gasteiger partial charge in [0.15, 0.2) is 11.1 Å². The van der Waals surface area contributed by atoms with Crippen molar-refractivity contribution in [3.63, 3.8) is 0 Å². The van der Waals surface area contributed by atoms with E-state index in [1.807, 2.05) is 24.7 Å². The van der Waals surface area contributed by atoms with Crippen LogP contribution in [0.2, 0.25) is 0 Å². The third-order valence-corrected chi connectivity index (χ3v) is 6.40. The van der Waals surface area contributed by atoms with E-state index in [1.54, 1.807) is 6.07 Å². The summed E-state index contributed by atoms with van der Waals surface area (Å²) < 4.78 is 2.00. The molecule has 182 valence electrons. The molecule has 34 heavy (non-hydrogen) atoms. The van der Waals surface area contributed by atoms with Gasteiger partial charge in [0.25, 0.3) is 0 Å². The molecule has 0 saturated heterocycles. The Morgan fingerprint density at radius 3 is 2.53 bits per heavy atom. The van der Waals surface area contributed by atoms with Crippen molar-refractivity contribution in [3.05, 3.63) is 62.8 Å². The lowest BCUT2D eigenvalue weighted by Crippen LogP contribution is -2.53. The Kier molecular flexibility index (Phi) is 6.29. The van der Waals surface area contributed by atoms with E-state index < -0.39 is 0 Å². The van der Waals surface area contributed by atoms with Crippen LogP contribution >= 0.6 is 0 Å². The fraction of sp³-hybridized carbons (Fsp3) is 0.519. The molecule has 0 spiro atoms. The second kappa shape index (κ2) is 8.78. The van der Waals surface area contributed by atoms with Gasteiger partial charge < -0.3 is 15.6 Å². The Balaban J connectivity index is 1.72. The summed E-state index contributed by atoms with van der Waals surface area (Å²) >= 11 is 0. The second-order valence-corrected chi connectivity index (χ2v) is 11.2. The van der Waals surface area contributed by atoms with Gasteiger partial charge in [0.1, 0.15) is 0 Å². The number of H-pyrrole nitrogens is 1. The largest absolute Gasteiger partial charge is 0.362 e. The zero-order chi connectivity index (χ0) is 24.8. The van der Waals surface area contributed by atoms with Crippen LogP contribution in [0.5, 0.6) is 0 Å². The Morgan fingerprint density at radius 1 is 1.15 bits per heavy atom. The number of aromatic nitrogens is 4. The third kappa shape index (κ3) is 5.00. The zero-order valence-electron chi connectivity index (χ0n) is 21.8. The van der Waals surface area contributed by atoms with Gasteiger partial charge in [-0.1, -0.05) is 6.08 Å². The number of hydrogen-bond donors (Lipinski definition) is 3. The lowest BCUT2D eigenvalue weighted by molar-refractivity contribution is 0.297. The molecule has 1 aliphatic heterocycles. The van der Waals surface area contributed by atoms with E-state index in [0.717, 1.165) is 45.7 Å². The van der Waals surface area contributed by atoms with Crippen LogP contribution in [0.25, 0.3) is 16.6 Å². The molecule has 0 bridgehead atoms. The molecular weight excluding hydrogens is 424 g/mol. The summed E-state index contributed by atoms with van der Waals surface area (Å²) in [5.74, 6) is 0. The highest BCUT2D eigenvalue weighted by Gasteiger charge is 2.33. The summed E-state index contributed by atoms with van der Waals surface area (Å²) in [4.78, 5) is 20.8. The average molecular weight is 463 g/mol. The fourth-order valence-corrected chi connectivity index (χ4v) is 5.27. The van der Waals surface area contributed by atoms with Gasteiger partial charge in [-0.3, -0.25) is 4.79 Å². The molecule has 3 aromatic heterocycles. The summed E-state index contributed by atoms with van der Waals surface area (Å²) in [7, 11) is 0. The number of aryl methyl sites for hydroxylation is 2. The van der Waals surface area contributed by atoms with Gasteiger partial charge in [-0.2, -0.15) is 5.10 Å². The van der Waals surface area contributed by atoms with Crippen molar-refractivity contribution in [2.24, 2.45) is 0 Å². The van der Waals surface area contributed by atoms with Crippen LogP contribution in [-0.4, -0.2) is 30.8 Å². The van der Waals surface area contributed by atoms with Crippen molar-refractivity contribution < 1.29 is 0 Å². The minimum Gasteiger partial charge on any atom is -0.362 e. The van der Waals surface area contributed by atoms with E-state index in [1.165, 1.54) is 5.57 Å². The number of nitrogens with one attached hydrogen (secondary N) is 3. The SMILES string of the molecule is Cc1cc(=O)c(CNCc2cc(C3=CC(C)(C)NC(C)(C)C3)nc3c2cnn3C(C)C)c(C)[nH]1. The van der Waals surface area contributed by atoms with E-state index >= 15 is 0 Å². The van der Waals surface area contributed by atoms with Gasteiger partial charge in [-0.05, 0) is 79.0 Å². The van der Waals surface area contributed by atoms with E-state index in [9.17, 15) is 4.79 Å². The molecular formula is C27H38N6O. The molecule has 0 aliphatic carbocycles. The smallest absolute Gasteiger partial charge is 0.186 e. The first kappa shape index (κ1) is 24.4. The van der Waals surface area contributed by atoms with Crippen LogP contribution in [-0.2, 0) is 13.1 Å². The number of aromatic amines is 1. The Morgan fingerprint density at radius 2 is 1.88 bits per heavy atom. The van der Waals surface area contributed by atoms with Crippen LogP contribution in [0.4, 0.5) is 0 Å². The van der Waals surface area contributed by atoms with Gasteiger partial charge in [0.05, 0.1) is 11.9 Å². The molecule has 4 heterocycles. The highest BCUT2D eigenvalue weighted by atomic mass is 16.1. The van der Waals surface area contributed by atoms with E-state index in [2.05, 4.69) is 74.4 Å². The first-order valence-corrected chi connectivity index (χ1v) is 12.1. The van der Waals surface area contributed by atoms with Gasteiger partial charge in [0, 0.05) is 58.6 Å². The van der Waals surface area contributed by atoms with Crippen molar-refractivity contribution in [3.8, 4) is 0 Å². The average Bonchev–Trinajstić information content (AvgIpc) is 3.12. The highest BCUT2D eigenvalue weighted by molar-refractivity contribution is 5.82. The highest BCUT2D eigenvalue weighted by Crippen LogP contribution is 2.34. The number of rotatable bonds is 6. The molecule has 7 heteroatoms. The van der Waals surface area contributed by atoms with Crippen molar-refractivity contribution in [2.75, 3.05) is 0 Å². The normalized spacial score (nSPS) is 17.4. The number of hydrogen-bond acceptors (Lipinski definition) is 5. The molecule has 0 amide bonds. The molecule has 3 N–H and O–H groups in total. The Bertz CT molecular complexity index is 1310. The molecule has 0 fully saturated rings. The van der Waals surface area contributed by atoms with Crippen LogP contribution in [0, 0.1) is 13.8 Å². The van der Waals surface area contributed by atoms with Crippen molar-refractivity contribution in [1.29, 1.82) is 0 Å². The summed E-state index contributed by atoms with van der Waals surface area (Å²) in [6.45, 7) is 18.1. The van der Waals surface area contributed by atoms with Crippen LogP contribution in [0.1, 0.15) is 82.2 Å². The van der Waals surface area contributed by atoms with E-state index in [4.69, 9.17) is 4.98 Å². The van der Waals surface area contributed by atoms with Crippen LogP contribution in [0.3, 0.4) is 0 Å². The lowest BCUT2D eigenvalue weighted by atomic mass is 9.82. The number of nitrogens with zero attached hydrogens (tertiary/aromatic N) is 3. The second-order valence-electron chi connectivity index (χ2n) is 11.2. The minimum absolute atomic E-state index is 0.0229. The third-order valence-electron chi connectivity index (χ3n) is 6.40. The zero-order valence-corrected chi connectivity index (χ0v) is 21.8. The van der Waals surface area contributed by atoms with Crippen molar-refractivity contribution in [2.45, 2.75) is 92.0 Å². The molecule has 3 aromatic rings. The maximum atomic E-state index is 12.5. The molecule has 0 saturated carbocycles. The van der Waals surface area contributed by atoms with Crippen LogP contribution < -0.4 is 16.1 Å². The molecule has 0 radical (unpaired) electrons. The van der Waals surface area contributed by atoms with E-state index in [0.29, 0.717) is 13.1 Å². The Labute approximate surface area is 202 Å². The van der Waals surface area contributed by atoms with Crippen LogP contribution in [0.15, 0.2) is 29.2 Å². The summed E-state index contributed by atoms with van der Waals surface area (Å²) in [5, 5.41) is 12.9. The van der Waals surface area contributed by atoms with Crippen molar-refractivity contribution >= 4 is 16.6 Å². The fourth-order valence-electron chi connectivity index (χ4n) is 5.27. The van der Waals surface area contributed by atoms with Gasteiger partial charge >= 0.3 is 0 Å². The molecule has 0 unspecified atom stereocenters. The lowest BCUT2D eigenvalue weighted by Gasteiger charge is -2.41. The monoisotopic (exact) mass is 462 g/mol. The van der Waals surface area contributed by atoms with Crippen molar-refractivity contribution in [1.82, 2.24) is 30.4 Å². The van der Waals surface area contributed by atoms with Gasteiger partial charge in [-0.25, -0.2) is 9.67 Å². The molecule has 0 atom stereocenters. The predicted octanol–water partition coefficient (Wildman–Crippen LogP) is 4.54. The minimum atomic E-state index is -0.117. The molecule has 7 nitrogen and oxygen atoms in total. The molecule has 0 aromatic carbocycles. The predicted molar refractivity (Wildman–Crippen MR) is 139 cm³/mol. The summed E-state index contributed by atoms with van der Waals surface area (Å²) in [6, 6.07) is 4.06. The van der Waals surface area contributed by atoms with E-state index in [-0.39, 0.29) is 22.5 Å². The maximum Gasteiger partial charge on any atom is 0.186 e. The molecule has 4 rings (SSSR count). The topological polar surface area (TPSA) is 87.6 Å². The summed E-state index contributed by atoms with van der Waals surface area (Å²) in [6.07, 6.45) is 5.11. The van der Waals surface area contributed by atoms with Gasteiger partial charge in [-0.15, -0.1) is 0 Å². The summed E-state index contributed by atoms with van der Waals surface area (Å²) in [5.41, 5.74) is 6.80. The standard InChI is InChI=1S/C27H38N6O/c1-16(2)33-25-22(15-29-33)19(13-28-14-21-18(4)30-17(3)9-24(21)34)10-23(31-25)20-11-26(5,6)32-27(7,8)12-20/h9-11,15-16,28,32H,12-14H2,1-8H3,(H,30,34). The molecule has 1 aliphatic rings. The Hall–Kier alpha value is -2.77. The quantitative estimate of drug-likeness (QED) is 0.501. The first-order valence-electron chi connectivity index (χ1n) is 12.1. The first-order chi connectivity index (χ1) is 15.8. The number of fused-ring (bicyclic) bond motifs is 1. The number of pyridine rings is 2. The van der Waals surface area contributed by atoms with Gasteiger partial charge in [0.2, 0.25) is 0 Å². The maximum absolute atomic E-state index is 12.5.